The van der Waals surface area contributed by atoms with Gasteiger partial charge in [-0.15, -0.1) is 0 Å². The molecule has 0 bridgehead atoms. The van der Waals surface area contributed by atoms with Crippen molar-refractivity contribution in [1.29, 1.82) is 0 Å². The van der Waals surface area contributed by atoms with Crippen molar-refractivity contribution < 1.29 is 22.6 Å². The van der Waals surface area contributed by atoms with Gasteiger partial charge in [-0.2, -0.15) is 0 Å². The predicted octanol–water partition coefficient (Wildman–Crippen LogP) is 3.40. The number of anilines is 1. The second kappa shape index (κ2) is 9.22. The van der Waals surface area contributed by atoms with Crippen LogP contribution in [-0.4, -0.2) is 47.1 Å². The van der Waals surface area contributed by atoms with Crippen LogP contribution in [-0.2, 0) is 10.0 Å². The first kappa shape index (κ1) is 22.6. The van der Waals surface area contributed by atoms with Gasteiger partial charge in [-0.1, -0.05) is 0 Å². The number of sulfonamides is 1. The summed E-state index contributed by atoms with van der Waals surface area (Å²) in [6.07, 6.45) is 3.68. The summed E-state index contributed by atoms with van der Waals surface area (Å²) in [5, 5.41) is 3.45. The van der Waals surface area contributed by atoms with E-state index in [1.807, 2.05) is 12.1 Å². The smallest absolute Gasteiger partial charge is 0.216 e. The number of methoxy groups -OCH3 is 3. The Morgan fingerprint density at radius 2 is 1.50 bits per heavy atom. The standard InChI is InChI=1S/C20H34N2O5S/c1-20(2,3)28(23,24)22-15-9-7-14(8-10-15)13-21-16-11-17(25-4)19(27-6)18(12-16)26-5/h11-12,14-15,21-22H,7-10,13H2,1-6H3/t14-,15-. The molecule has 7 nitrogen and oxygen atoms in total. The fourth-order valence-electron chi connectivity index (χ4n) is 3.33. The number of nitrogens with one attached hydrogen (secondary N) is 2. The minimum absolute atomic E-state index is 0.0293. The van der Waals surface area contributed by atoms with Crippen LogP contribution in [0.1, 0.15) is 46.5 Å². The molecule has 1 aliphatic carbocycles. The maximum atomic E-state index is 12.3. The van der Waals surface area contributed by atoms with Crippen LogP contribution in [0.25, 0.3) is 0 Å². The summed E-state index contributed by atoms with van der Waals surface area (Å²) >= 11 is 0. The van der Waals surface area contributed by atoms with Gasteiger partial charge in [0.15, 0.2) is 11.5 Å². The largest absolute Gasteiger partial charge is 0.493 e. The van der Waals surface area contributed by atoms with Gasteiger partial charge in [-0.05, 0) is 52.4 Å². The Hall–Kier alpha value is -1.67. The van der Waals surface area contributed by atoms with Crippen molar-refractivity contribution in [2.75, 3.05) is 33.2 Å². The van der Waals surface area contributed by atoms with Gasteiger partial charge in [-0.25, -0.2) is 13.1 Å². The molecule has 0 unspecified atom stereocenters. The lowest BCUT2D eigenvalue weighted by Gasteiger charge is -2.31. The molecule has 1 aliphatic rings. The first-order chi connectivity index (χ1) is 13.1. The molecule has 0 saturated heterocycles. The van der Waals surface area contributed by atoms with Gasteiger partial charge in [0.1, 0.15) is 0 Å². The van der Waals surface area contributed by atoms with E-state index in [1.54, 1.807) is 42.1 Å². The summed E-state index contributed by atoms with van der Waals surface area (Å²) in [6, 6.07) is 3.82. The van der Waals surface area contributed by atoms with Crippen molar-refractivity contribution in [3.05, 3.63) is 12.1 Å². The molecular formula is C20H34N2O5S. The molecule has 0 amide bonds. The third kappa shape index (κ3) is 5.44. The number of rotatable bonds is 8. The van der Waals surface area contributed by atoms with Crippen molar-refractivity contribution in [3.8, 4) is 17.2 Å². The topological polar surface area (TPSA) is 85.9 Å². The molecule has 0 radical (unpaired) electrons. The maximum Gasteiger partial charge on any atom is 0.216 e. The van der Waals surface area contributed by atoms with Crippen molar-refractivity contribution in [2.45, 2.75) is 57.2 Å². The summed E-state index contributed by atoms with van der Waals surface area (Å²) in [7, 11) is 1.48. The van der Waals surface area contributed by atoms with Gasteiger partial charge in [0.25, 0.3) is 0 Å². The number of hydrogen-bond acceptors (Lipinski definition) is 6. The van der Waals surface area contributed by atoms with E-state index in [0.29, 0.717) is 23.2 Å². The van der Waals surface area contributed by atoms with Gasteiger partial charge >= 0.3 is 0 Å². The summed E-state index contributed by atoms with van der Waals surface area (Å²) in [6.45, 7) is 5.99. The first-order valence-electron chi connectivity index (χ1n) is 9.67. The molecule has 0 aromatic heterocycles. The van der Waals surface area contributed by atoms with Crippen LogP contribution in [0.15, 0.2) is 12.1 Å². The number of benzene rings is 1. The molecule has 0 heterocycles. The fraction of sp³-hybridized carbons (Fsp3) is 0.700. The molecular weight excluding hydrogens is 380 g/mol. The van der Waals surface area contributed by atoms with Crippen LogP contribution in [0.2, 0.25) is 0 Å². The van der Waals surface area contributed by atoms with Crippen LogP contribution in [0, 0.1) is 5.92 Å². The van der Waals surface area contributed by atoms with Crippen molar-refractivity contribution >= 4 is 15.7 Å². The minimum Gasteiger partial charge on any atom is -0.493 e. The van der Waals surface area contributed by atoms with E-state index in [0.717, 1.165) is 37.9 Å². The van der Waals surface area contributed by atoms with Gasteiger partial charge in [0.2, 0.25) is 15.8 Å². The van der Waals surface area contributed by atoms with E-state index in [4.69, 9.17) is 14.2 Å². The molecule has 2 rings (SSSR count). The molecule has 0 aliphatic heterocycles. The SMILES string of the molecule is COc1cc(NC[C@H]2CC[C@H](NS(=O)(=O)C(C)(C)C)CC2)cc(OC)c1OC. The Labute approximate surface area is 169 Å². The van der Waals surface area contributed by atoms with Crippen molar-refractivity contribution in [1.82, 2.24) is 4.72 Å². The second-order valence-electron chi connectivity index (χ2n) is 8.25. The molecule has 0 spiro atoms. The first-order valence-corrected chi connectivity index (χ1v) is 11.2. The molecule has 160 valence electrons. The molecule has 8 heteroatoms. The zero-order chi connectivity index (χ0) is 20.9. The van der Waals surface area contributed by atoms with Gasteiger partial charge < -0.3 is 19.5 Å². The van der Waals surface area contributed by atoms with E-state index >= 15 is 0 Å². The van der Waals surface area contributed by atoms with Crippen LogP contribution < -0.4 is 24.2 Å². The van der Waals surface area contributed by atoms with E-state index < -0.39 is 14.8 Å². The summed E-state index contributed by atoms with van der Waals surface area (Å²) in [5.74, 6) is 2.30. The quantitative estimate of drug-likeness (QED) is 0.678. The van der Waals surface area contributed by atoms with E-state index in [2.05, 4.69) is 10.0 Å². The van der Waals surface area contributed by atoms with Gasteiger partial charge in [-0.3, -0.25) is 0 Å². The molecule has 2 N–H and O–H groups in total. The molecule has 1 saturated carbocycles. The maximum absolute atomic E-state index is 12.3. The third-order valence-corrected chi connectivity index (χ3v) is 7.49. The zero-order valence-corrected chi connectivity index (χ0v) is 18.6. The Balaban J connectivity index is 1.91. The van der Waals surface area contributed by atoms with Gasteiger partial charge in [0.05, 0.1) is 26.1 Å². The Kier molecular flexibility index (Phi) is 7.45. The minimum atomic E-state index is -3.30. The molecule has 1 aromatic rings. The Bertz CT molecular complexity index is 725. The normalized spacial score (nSPS) is 20.5. The average Bonchev–Trinajstić information content (AvgIpc) is 2.65. The number of ether oxygens (including phenoxy) is 3. The van der Waals surface area contributed by atoms with Crippen LogP contribution >= 0.6 is 0 Å². The summed E-state index contributed by atoms with van der Waals surface area (Å²) in [5.41, 5.74) is 0.907. The van der Waals surface area contributed by atoms with E-state index in [9.17, 15) is 8.42 Å². The lowest BCUT2D eigenvalue weighted by molar-refractivity contribution is 0.321. The highest BCUT2D eigenvalue weighted by atomic mass is 32.2. The zero-order valence-electron chi connectivity index (χ0n) is 17.8. The highest BCUT2D eigenvalue weighted by Gasteiger charge is 2.32. The van der Waals surface area contributed by atoms with Crippen LogP contribution in [0.5, 0.6) is 17.2 Å². The fourth-order valence-corrected chi connectivity index (χ4v) is 4.35. The van der Waals surface area contributed by atoms with Crippen LogP contribution in [0.3, 0.4) is 0 Å². The van der Waals surface area contributed by atoms with Crippen molar-refractivity contribution in [2.24, 2.45) is 5.92 Å². The lowest BCUT2D eigenvalue weighted by atomic mass is 9.86. The average molecular weight is 415 g/mol. The molecule has 1 aromatic carbocycles. The van der Waals surface area contributed by atoms with E-state index in [1.165, 1.54) is 0 Å². The summed E-state index contributed by atoms with van der Waals surface area (Å²) < 4.78 is 42.9. The predicted molar refractivity (Wildman–Crippen MR) is 112 cm³/mol. The lowest BCUT2D eigenvalue weighted by Crippen LogP contribution is -2.46. The summed E-state index contributed by atoms with van der Waals surface area (Å²) in [4.78, 5) is 0. The Morgan fingerprint density at radius 3 is 1.93 bits per heavy atom. The molecule has 0 atom stereocenters. The molecule has 1 fully saturated rings. The number of hydrogen-bond donors (Lipinski definition) is 2. The molecule has 28 heavy (non-hydrogen) atoms. The second-order valence-corrected chi connectivity index (χ2v) is 10.7. The highest BCUT2D eigenvalue weighted by Crippen LogP contribution is 2.40. The van der Waals surface area contributed by atoms with Gasteiger partial charge in [0, 0.05) is 30.4 Å². The van der Waals surface area contributed by atoms with Crippen molar-refractivity contribution in [3.63, 3.8) is 0 Å². The van der Waals surface area contributed by atoms with E-state index in [-0.39, 0.29) is 6.04 Å². The van der Waals surface area contributed by atoms with Crippen LogP contribution in [0.4, 0.5) is 5.69 Å². The third-order valence-electron chi connectivity index (χ3n) is 5.23. The Morgan fingerprint density at radius 1 is 0.964 bits per heavy atom. The highest BCUT2D eigenvalue weighted by molar-refractivity contribution is 7.90. The monoisotopic (exact) mass is 414 g/mol.